The number of amides is 1. The van der Waals surface area contributed by atoms with Crippen LogP contribution in [-0.4, -0.2) is 31.9 Å². The smallest absolute Gasteiger partial charge is 0.407 e. The number of hydrogen-bond acceptors (Lipinski definition) is 5. The summed E-state index contributed by atoms with van der Waals surface area (Å²) in [6, 6.07) is 3.59. The number of carbonyl (C=O) groups excluding carboxylic acids is 1. The van der Waals surface area contributed by atoms with E-state index < -0.39 is 21.9 Å². The number of aromatic hydroxyl groups is 1. The molecule has 0 bridgehead atoms. The van der Waals surface area contributed by atoms with Crippen LogP contribution in [0, 0.1) is 0 Å². The zero-order valence-corrected chi connectivity index (χ0v) is 17.9. The van der Waals surface area contributed by atoms with E-state index in [0.29, 0.717) is 5.56 Å². The van der Waals surface area contributed by atoms with E-state index in [4.69, 9.17) is 10.3 Å². The predicted molar refractivity (Wildman–Crippen MR) is 107 cm³/mol. The van der Waals surface area contributed by atoms with Crippen molar-refractivity contribution in [3.63, 3.8) is 0 Å². The number of phenolic OH excluding ortho intramolecular Hbond substituents is 1. The van der Waals surface area contributed by atoms with Gasteiger partial charge in [-0.3, -0.25) is 0 Å². The minimum absolute atomic E-state index is 0.0403. The van der Waals surface area contributed by atoms with Crippen LogP contribution in [0.3, 0.4) is 0 Å². The lowest BCUT2D eigenvalue weighted by Crippen LogP contribution is -2.29. The van der Waals surface area contributed by atoms with Crippen molar-refractivity contribution in [3.8, 4) is 5.75 Å². The normalized spacial score (nSPS) is 12.2. The number of hydrogen-bond donors (Lipinski definition) is 2. The molecule has 0 aromatic heterocycles. The Kier molecular flexibility index (Phi) is 7.33. The number of ether oxygens (including phenoxy) is 1. The van der Waals surface area contributed by atoms with Crippen LogP contribution >= 0.6 is 0 Å². The first kappa shape index (κ1) is 23.6. The Morgan fingerprint density at radius 3 is 2.11 bits per heavy atom. The molecule has 2 N–H and O–H groups in total. The molecule has 0 aliphatic rings. The molecule has 0 saturated heterocycles. The minimum Gasteiger partial charge on any atom is -0.507 e. The minimum atomic E-state index is -3.93. The second kappa shape index (κ2) is 8.70. The van der Waals surface area contributed by atoms with Crippen molar-refractivity contribution in [2.45, 2.75) is 59.0 Å². The largest absolute Gasteiger partial charge is 0.507 e. The van der Waals surface area contributed by atoms with Gasteiger partial charge in [0.05, 0.1) is 5.75 Å². The number of nitrogens with zero attached hydrogens (tertiary/aromatic N) is 3. The average Bonchev–Trinajstić information content (AvgIpc) is 2.51. The molecule has 1 rings (SSSR count). The third-order valence-corrected chi connectivity index (χ3v) is 4.99. The summed E-state index contributed by atoms with van der Waals surface area (Å²) in [5, 5.41) is 13.0. The molecular weight excluding hydrogens is 384 g/mol. The number of alkyl carbamates (subject to hydrolysis) is 1. The number of azide groups is 1. The molecule has 0 aliphatic heterocycles. The van der Waals surface area contributed by atoms with E-state index in [1.54, 1.807) is 12.1 Å². The van der Waals surface area contributed by atoms with Gasteiger partial charge in [0.25, 0.3) is 0 Å². The SMILES string of the molecule is CC(C)(C)c1cc(COC(=O)NCCS(=O)(=O)N=[N+]=[N-])cc(C(C)(C)C)c1O. The summed E-state index contributed by atoms with van der Waals surface area (Å²) in [4.78, 5) is 14.0. The fourth-order valence-electron chi connectivity index (χ4n) is 2.50. The van der Waals surface area contributed by atoms with Gasteiger partial charge in [-0.25, -0.2) is 13.2 Å². The summed E-state index contributed by atoms with van der Waals surface area (Å²) in [6.45, 7) is 11.6. The number of benzene rings is 1. The van der Waals surface area contributed by atoms with Gasteiger partial charge in [-0.15, -0.1) is 0 Å². The Morgan fingerprint density at radius 1 is 1.18 bits per heavy atom. The zero-order valence-electron chi connectivity index (χ0n) is 17.1. The first-order valence-corrected chi connectivity index (χ1v) is 10.3. The van der Waals surface area contributed by atoms with E-state index in [0.717, 1.165) is 11.1 Å². The van der Waals surface area contributed by atoms with Crippen molar-refractivity contribution < 1.29 is 23.1 Å². The number of phenols is 1. The molecule has 10 heteroatoms. The number of nitrogens with one attached hydrogen (secondary N) is 1. The highest BCUT2D eigenvalue weighted by atomic mass is 32.2. The fraction of sp³-hybridized carbons (Fsp3) is 0.611. The molecule has 156 valence electrons. The summed E-state index contributed by atoms with van der Waals surface area (Å²) in [6.07, 6.45) is -0.793. The molecule has 0 fully saturated rings. The Labute approximate surface area is 165 Å². The van der Waals surface area contributed by atoms with Crippen molar-refractivity contribution >= 4 is 16.1 Å². The molecule has 0 heterocycles. The first-order chi connectivity index (χ1) is 12.7. The van der Waals surface area contributed by atoms with E-state index in [-0.39, 0.29) is 29.7 Å². The maximum absolute atomic E-state index is 11.8. The molecule has 1 aromatic carbocycles. The predicted octanol–water partition coefficient (Wildman–Crippen LogP) is 3.85. The van der Waals surface area contributed by atoms with Crippen molar-refractivity contribution in [3.05, 3.63) is 39.3 Å². The van der Waals surface area contributed by atoms with E-state index in [2.05, 4.69) is 14.7 Å². The molecule has 28 heavy (non-hydrogen) atoms. The van der Waals surface area contributed by atoms with Crippen LogP contribution in [0.25, 0.3) is 10.4 Å². The molecule has 0 aliphatic carbocycles. The summed E-state index contributed by atoms with van der Waals surface area (Å²) in [5.74, 6) is -0.287. The number of sulfonamides is 1. The van der Waals surface area contributed by atoms with Gasteiger partial charge in [0.1, 0.15) is 12.4 Å². The molecule has 0 radical (unpaired) electrons. The van der Waals surface area contributed by atoms with Gasteiger partial charge in [-0.05, 0) is 45.2 Å². The maximum Gasteiger partial charge on any atom is 0.407 e. The van der Waals surface area contributed by atoms with Crippen LogP contribution in [0.4, 0.5) is 4.79 Å². The fourth-order valence-corrected chi connectivity index (χ4v) is 3.05. The number of rotatable bonds is 6. The third kappa shape index (κ3) is 6.94. The quantitative estimate of drug-likeness (QED) is 0.414. The van der Waals surface area contributed by atoms with Crippen LogP contribution < -0.4 is 5.32 Å². The van der Waals surface area contributed by atoms with Gasteiger partial charge in [0, 0.05) is 16.0 Å². The van der Waals surface area contributed by atoms with Gasteiger partial charge in [-0.1, -0.05) is 41.5 Å². The highest BCUT2D eigenvalue weighted by Crippen LogP contribution is 2.39. The van der Waals surface area contributed by atoms with Crippen molar-refractivity contribution in [1.29, 1.82) is 0 Å². The van der Waals surface area contributed by atoms with Crippen LogP contribution in [0.15, 0.2) is 16.7 Å². The molecule has 0 atom stereocenters. The van der Waals surface area contributed by atoms with Crippen molar-refractivity contribution in [2.75, 3.05) is 12.3 Å². The lowest BCUT2D eigenvalue weighted by molar-refractivity contribution is 0.140. The zero-order chi connectivity index (χ0) is 21.8. The van der Waals surface area contributed by atoms with E-state index >= 15 is 0 Å². The molecule has 1 amide bonds. The van der Waals surface area contributed by atoms with Crippen molar-refractivity contribution in [1.82, 2.24) is 5.32 Å². The molecule has 0 spiro atoms. The summed E-state index contributed by atoms with van der Waals surface area (Å²) in [5.41, 5.74) is 9.74. The Balaban J connectivity index is 2.89. The molecule has 9 nitrogen and oxygen atoms in total. The second-order valence-electron chi connectivity index (χ2n) is 8.50. The highest BCUT2D eigenvalue weighted by molar-refractivity contribution is 7.90. The number of carbonyl (C=O) groups is 1. The topological polar surface area (TPSA) is 141 Å². The van der Waals surface area contributed by atoms with Crippen molar-refractivity contribution in [2.24, 2.45) is 4.52 Å². The first-order valence-electron chi connectivity index (χ1n) is 8.74. The van der Waals surface area contributed by atoms with E-state index in [1.807, 2.05) is 41.5 Å². The summed E-state index contributed by atoms with van der Waals surface area (Å²) >= 11 is 0. The highest BCUT2D eigenvalue weighted by Gasteiger charge is 2.26. The van der Waals surface area contributed by atoms with Crippen LogP contribution in [-0.2, 0) is 32.2 Å². The van der Waals surface area contributed by atoms with Gasteiger partial charge < -0.3 is 15.2 Å². The molecular formula is C18H28N4O5S. The molecule has 1 aromatic rings. The standard InChI is InChI=1S/C18H28N4O5S/c1-17(2,3)13-9-12(10-14(15(13)23)18(4,5)6)11-27-16(24)20-7-8-28(25,26)22-21-19/h9-10,23H,7-8,11H2,1-6H3,(H,20,24). The van der Waals surface area contributed by atoms with Crippen LogP contribution in [0.5, 0.6) is 5.75 Å². The lowest BCUT2D eigenvalue weighted by Gasteiger charge is -2.28. The Bertz CT molecular complexity index is 841. The van der Waals surface area contributed by atoms with Gasteiger partial charge in [0.2, 0.25) is 10.0 Å². The van der Waals surface area contributed by atoms with E-state index in [9.17, 15) is 18.3 Å². The Morgan fingerprint density at radius 2 is 1.68 bits per heavy atom. The molecule has 0 saturated carbocycles. The lowest BCUT2D eigenvalue weighted by atomic mass is 9.78. The Hall–Kier alpha value is -2.45. The summed E-state index contributed by atoms with van der Waals surface area (Å²) in [7, 11) is -3.93. The van der Waals surface area contributed by atoms with Gasteiger partial charge >= 0.3 is 6.09 Å². The monoisotopic (exact) mass is 412 g/mol. The maximum atomic E-state index is 11.8. The average molecular weight is 413 g/mol. The molecule has 0 unspecified atom stereocenters. The second-order valence-corrected chi connectivity index (χ2v) is 10.2. The van der Waals surface area contributed by atoms with Crippen LogP contribution in [0.1, 0.15) is 58.2 Å². The van der Waals surface area contributed by atoms with Crippen LogP contribution in [0.2, 0.25) is 0 Å². The summed E-state index contributed by atoms with van der Waals surface area (Å²) < 4.78 is 30.3. The third-order valence-electron chi connectivity index (χ3n) is 3.95. The van der Waals surface area contributed by atoms with E-state index in [1.165, 1.54) is 0 Å². The van der Waals surface area contributed by atoms with Gasteiger partial charge in [-0.2, -0.15) is 0 Å². The van der Waals surface area contributed by atoms with Gasteiger partial charge in [0.15, 0.2) is 0 Å².